The molecular formula is C20H24N4O4. The van der Waals surface area contributed by atoms with Gasteiger partial charge in [0.25, 0.3) is 11.8 Å². The van der Waals surface area contributed by atoms with E-state index < -0.39 is 0 Å². The number of morpholine rings is 1. The molecule has 1 aliphatic heterocycles. The van der Waals surface area contributed by atoms with Crippen molar-refractivity contribution in [3.05, 3.63) is 53.9 Å². The van der Waals surface area contributed by atoms with E-state index in [1.54, 1.807) is 37.4 Å². The van der Waals surface area contributed by atoms with Crippen LogP contribution in [0.4, 0.5) is 5.69 Å². The molecule has 0 bridgehead atoms. The Balaban J connectivity index is 1.54. The molecule has 1 fully saturated rings. The fourth-order valence-electron chi connectivity index (χ4n) is 2.82. The quantitative estimate of drug-likeness (QED) is 0.750. The lowest BCUT2D eigenvalue weighted by Gasteiger charge is -2.26. The summed E-state index contributed by atoms with van der Waals surface area (Å²) in [5, 5.41) is 5.63. The minimum Gasteiger partial charge on any atom is -0.497 e. The summed E-state index contributed by atoms with van der Waals surface area (Å²) < 4.78 is 10.4. The fourth-order valence-corrected chi connectivity index (χ4v) is 2.82. The number of aromatic nitrogens is 1. The van der Waals surface area contributed by atoms with Crippen molar-refractivity contribution in [2.75, 3.05) is 51.8 Å². The first-order valence-electron chi connectivity index (χ1n) is 9.15. The van der Waals surface area contributed by atoms with E-state index in [9.17, 15) is 9.59 Å². The molecule has 148 valence electrons. The van der Waals surface area contributed by atoms with E-state index in [0.717, 1.165) is 32.8 Å². The van der Waals surface area contributed by atoms with Crippen molar-refractivity contribution in [3.8, 4) is 5.75 Å². The number of benzene rings is 1. The molecule has 1 aromatic carbocycles. The maximum atomic E-state index is 12.4. The third-order valence-electron chi connectivity index (χ3n) is 4.42. The number of ether oxygens (including phenoxy) is 2. The van der Waals surface area contributed by atoms with Crippen LogP contribution >= 0.6 is 0 Å². The Morgan fingerprint density at radius 1 is 1.14 bits per heavy atom. The zero-order chi connectivity index (χ0) is 19.8. The Kier molecular flexibility index (Phi) is 6.94. The minimum absolute atomic E-state index is 0.212. The maximum absolute atomic E-state index is 12.4. The van der Waals surface area contributed by atoms with Crippen molar-refractivity contribution < 1.29 is 19.1 Å². The highest BCUT2D eigenvalue weighted by Crippen LogP contribution is 2.16. The summed E-state index contributed by atoms with van der Waals surface area (Å²) in [5.41, 5.74) is 1.22. The van der Waals surface area contributed by atoms with Gasteiger partial charge in [-0.3, -0.25) is 19.5 Å². The zero-order valence-electron chi connectivity index (χ0n) is 15.8. The van der Waals surface area contributed by atoms with Crippen molar-refractivity contribution in [2.45, 2.75) is 0 Å². The lowest BCUT2D eigenvalue weighted by molar-refractivity contribution is 0.0383. The van der Waals surface area contributed by atoms with Crippen LogP contribution in [0.1, 0.15) is 20.8 Å². The van der Waals surface area contributed by atoms with Crippen molar-refractivity contribution in [1.82, 2.24) is 15.2 Å². The van der Waals surface area contributed by atoms with E-state index in [1.807, 2.05) is 0 Å². The molecule has 0 atom stereocenters. The van der Waals surface area contributed by atoms with E-state index in [4.69, 9.17) is 9.47 Å². The van der Waals surface area contributed by atoms with Gasteiger partial charge in [0.2, 0.25) is 0 Å². The first kappa shape index (κ1) is 19.8. The number of hydrogen-bond acceptors (Lipinski definition) is 6. The predicted molar refractivity (Wildman–Crippen MR) is 105 cm³/mol. The highest BCUT2D eigenvalue weighted by molar-refractivity contribution is 6.05. The monoisotopic (exact) mass is 384 g/mol. The Morgan fingerprint density at radius 2 is 1.89 bits per heavy atom. The van der Waals surface area contributed by atoms with Gasteiger partial charge in [-0.25, -0.2) is 0 Å². The van der Waals surface area contributed by atoms with Gasteiger partial charge in [0.1, 0.15) is 11.4 Å². The zero-order valence-corrected chi connectivity index (χ0v) is 15.8. The summed E-state index contributed by atoms with van der Waals surface area (Å²) in [5.74, 6) is 0.0974. The summed E-state index contributed by atoms with van der Waals surface area (Å²) in [6, 6.07) is 10.1. The van der Waals surface area contributed by atoms with E-state index in [2.05, 4.69) is 20.5 Å². The van der Waals surface area contributed by atoms with Gasteiger partial charge in [-0.2, -0.15) is 0 Å². The van der Waals surface area contributed by atoms with Crippen LogP contribution in [0.3, 0.4) is 0 Å². The maximum Gasteiger partial charge on any atom is 0.269 e. The summed E-state index contributed by atoms with van der Waals surface area (Å²) in [6.45, 7) is 4.46. The van der Waals surface area contributed by atoms with Gasteiger partial charge in [-0.15, -0.1) is 0 Å². The molecule has 0 radical (unpaired) electrons. The number of carbonyl (C=O) groups excluding carboxylic acids is 2. The molecule has 28 heavy (non-hydrogen) atoms. The highest BCUT2D eigenvalue weighted by Gasteiger charge is 2.14. The molecule has 2 amide bonds. The molecule has 8 heteroatoms. The number of hydrogen-bond donors (Lipinski definition) is 2. The second-order valence-corrected chi connectivity index (χ2v) is 6.32. The Morgan fingerprint density at radius 3 is 2.61 bits per heavy atom. The molecule has 8 nitrogen and oxygen atoms in total. The van der Waals surface area contributed by atoms with Crippen molar-refractivity contribution >= 4 is 17.5 Å². The van der Waals surface area contributed by atoms with Gasteiger partial charge in [0.05, 0.1) is 20.3 Å². The van der Waals surface area contributed by atoms with E-state index in [0.29, 0.717) is 23.5 Å². The molecule has 0 aliphatic carbocycles. The molecule has 1 aliphatic rings. The number of methoxy groups -OCH3 is 1. The van der Waals surface area contributed by atoms with Crippen molar-refractivity contribution in [2.24, 2.45) is 0 Å². The lowest BCUT2D eigenvalue weighted by Crippen LogP contribution is -2.41. The smallest absolute Gasteiger partial charge is 0.269 e. The van der Waals surface area contributed by atoms with Gasteiger partial charge in [0.15, 0.2) is 0 Å². The molecule has 0 unspecified atom stereocenters. The third-order valence-corrected chi connectivity index (χ3v) is 4.42. The number of anilines is 1. The minimum atomic E-state index is -0.310. The van der Waals surface area contributed by atoms with Gasteiger partial charge in [0, 0.05) is 43.6 Å². The molecule has 2 aromatic rings. The van der Waals surface area contributed by atoms with E-state index in [-0.39, 0.29) is 17.5 Å². The van der Waals surface area contributed by atoms with Crippen LogP contribution in [-0.2, 0) is 4.74 Å². The topological polar surface area (TPSA) is 92.8 Å². The molecular weight excluding hydrogens is 360 g/mol. The normalized spacial score (nSPS) is 14.3. The largest absolute Gasteiger partial charge is 0.497 e. The number of nitrogens with zero attached hydrogens (tertiary/aromatic N) is 2. The van der Waals surface area contributed by atoms with Crippen LogP contribution in [0.25, 0.3) is 0 Å². The fraction of sp³-hybridized carbons (Fsp3) is 0.350. The second kappa shape index (κ2) is 9.82. The number of nitrogens with one attached hydrogen (secondary N) is 2. The summed E-state index contributed by atoms with van der Waals surface area (Å²) in [7, 11) is 1.58. The van der Waals surface area contributed by atoms with Crippen LogP contribution in [0.15, 0.2) is 42.6 Å². The Bertz CT molecular complexity index is 804. The lowest BCUT2D eigenvalue weighted by atomic mass is 10.2. The third kappa shape index (κ3) is 5.51. The molecule has 2 N–H and O–H groups in total. The van der Waals surface area contributed by atoms with Crippen LogP contribution in [-0.4, -0.2) is 68.2 Å². The summed E-state index contributed by atoms with van der Waals surface area (Å²) in [4.78, 5) is 31.1. The summed E-state index contributed by atoms with van der Waals surface area (Å²) >= 11 is 0. The van der Waals surface area contributed by atoms with Gasteiger partial charge >= 0.3 is 0 Å². The van der Waals surface area contributed by atoms with Crippen LogP contribution in [0.2, 0.25) is 0 Å². The Labute approximate surface area is 163 Å². The highest BCUT2D eigenvalue weighted by atomic mass is 16.5. The number of rotatable bonds is 7. The van der Waals surface area contributed by atoms with Crippen LogP contribution in [0.5, 0.6) is 5.75 Å². The predicted octanol–water partition coefficient (Wildman–Crippen LogP) is 1.40. The molecule has 0 saturated carbocycles. The molecule has 0 spiro atoms. The van der Waals surface area contributed by atoms with E-state index >= 15 is 0 Å². The Hall–Kier alpha value is -2.97. The molecule has 1 aromatic heterocycles. The second-order valence-electron chi connectivity index (χ2n) is 6.32. The van der Waals surface area contributed by atoms with Gasteiger partial charge in [-0.1, -0.05) is 0 Å². The number of carbonyl (C=O) groups is 2. The number of pyridine rings is 1. The first-order valence-corrected chi connectivity index (χ1v) is 9.15. The SMILES string of the molecule is COc1ccc(NC(=O)c2ccnc(C(=O)NCCN3CCOCC3)c2)cc1. The van der Waals surface area contributed by atoms with Crippen LogP contribution in [0, 0.1) is 0 Å². The standard InChI is InChI=1S/C20H24N4O4/c1-27-17-4-2-16(3-5-17)23-19(25)15-6-7-21-18(14-15)20(26)22-8-9-24-10-12-28-13-11-24/h2-7,14H,8-13H2,1H3,(H,22,26)(H,23,25). The molecule has 3 rings (SSSR count). The van der Waals surface area contributed by atoms with Gasteiger partial charge < -0.3 is 20.1 Å². The average molecular weight is 384 g/mol. The number of amides is 2. The molecule has 1 saturated heterocycles. The van der Waals surface area contributed by atoms with Crippen molar-refractivity contribution in [3.63, 3.8) is 0 Å². The van der Waals surface area contributed by atoms with E-state index in [1.165, 1.54) is 12.3 Å². The van der Waals surface area contributed by atoms with Crippen LogP contribution < -0.4 is 15.4 Å². The summed E-state index contributed by atoms with van der Waals surface area (Å²) in [6.07, 6.45) is 1.46. The first-order chi connectivity index (χ1) is 13.7. The van der Waals surface area contributed by atoms with Gasteiger partial charge in [-0.05, 0) is 36.4 Å². The van der Waals surface area contributed by atoms with Crippen molar-refractivity contribution in [1.29, 1.82) is 0 Å². The molecule has 2 heterocycles. The average Bonchev–Trinajstić information content (AvgIpc) is 2.75.